The van der Waals surface area contributed by atoms with Gasteiger partial charge in [-0.2, -0.15) is 0 Å². The van der Waals surface area contributed by atoms with Crippen LogP contribution in [-0.2, 0) is 11.3 Å². The van der Waals surface area contributed by atoms with Gasteiger partial charge in [0.25, 0.3) is 0 Å². The third-order valence-corrected chi connectivity index (χ3v) is 3.01. The van der Waals surface area contributed by atoms with Crippen LogP contribution in [-0.4, -0.2) is 33.4 Å². The largest absolute Gasteiger partial charge is 0.380 e. The summed E-state index contributed by atoms with van der Waals surface area (Å²) in [7, 11) is 1.84. The number of hydrogen-bond donors (Lipinski definition) is 1. The molecule has 0 unspecified atom stereocenters. The van der Waals surface area contributed by atoms with Gasteiger partial charge in [-0.15, -0.1) is 0 Å². The predicted octanol–water partition coefficient (Wildman–Crippen LogP) is 1.77. The molecular formula is C13H19FN2O. The fourth-order valence-electron chi connectivity index (χ4n) is 2.18. The molecule has 0 spiro atoms. The molecule has 1 aliphatic heterocycles. The van der Waals surface area contributed by atoms with Gasteiger partial charge in [0.2, 0.25) is 0 Å². The summed E-state index contributed by atoms with van der Waals surface area (Å²) in [6.07, 6.45) is 0.996. The molecule has 1 aliphatic rings. The Hall–Kier alpha value is -1.13. The van der Waals surface area contributed by atoms with Crippen LogP contribution in [0, 0.1) is 5.82 Å². The van der Waals surface area contributed by atoms with Gasteiger partial charge in [0, 0.05) is 37.5 Å². The van der Waals surface area contributed by atoms with E-state index in [1.54, 1.807) is 6.07 Å². The Morgan fingerprint density at radius 3 is 3.06 bits per heavy atom. The molecule has 1 heterocycles. The number of ether oxygens (including phenoxy) is 1. The molecule has 94 valence electrons. The molecule has 17 heavy (non-hydrogen) atoms. The van der Waals surface area contributed by atoms with E-state index in [4.69, 9.17) is 4.74 Å². The number of anilines is 1. The zero-order valence-corrected chi connectivity index (χ0v) is 10.2. The molecule has 0 aliphatic carbocycles. The Bertz CT molecular complexity index is 362. The van der Waals surface area contributed by atoms with Crippen LogP contribution in [0.5, 0.6) is 0 Å². The molecule has 0 atom stereocenters. The minimum Gasteiger partial charge on any atom is -0.380 e. The summed E-state index contributed by atoms with van der Waals surface area (Å²) < 4.78 is 19.2. The van der Waals surface area contributed by atoms with Gasteiger partial charge in [0.15, 0.2) is 0 Å². The monoisotopic (exact) mass is 238 g/mol. The van der Waals surface area contributed by atoms with Gasteiger partial charge in [-0.05, 0) is 25.6 Å². The molecule has 1 saturated heterocycles. The quantitative estimate of drug-likeness (QED) is 0.868. The lowest BCUT2D eigenvalue weighted by Gasteiger charge is -2.25. The first-order chi connectivity index (χ1) is 8.33. The molecule has 2 rings (SSSR count). The fraction of sp³-hybridized carbons (Fsp3) is 0.538. The lowest BCUT2D eigenvalue weighted by molar-refractivity contribution is 0.152. The van der Waals surface area contributed by atoms with Crippen LogP contribution >= 0.6 is 0 Å². The molecule has 1 aromatic rings. The maximum Gasteiger partial charge on any atom is 0.129 e. The zero-order chi connectivity index (χ0) is 12.1. The zero-order valence-electron chi connectivity index (χ0n) is 10.2. The molecule has 1 fully saturated rings. The van der Waals surface area contributed by atoms with Crippen molar-refractivity contribution in [3.8, 4) is 0 Å². The van der Waals surface area contributed by atoms with E-state index >= 15 is 0 Å². The number of nitrogens with one attached hydrogen (secondary N) is 1. The van der Waals surface area contributed by atoms with Gasteiger partial charge < -0.3 is 15.0 Å². The van der Waals surface area contributed by atoms with Crippen molar-refractivity contribution in [2.24, 2.45) is 0 Å². The summed E-state index contributed by atoms with van der Waals surface area (Å²) in [5.74, 6) is -0.137. The van der Waals surface area contributed by atoms with E-state index < -0.39 is 0 Å². The summed E-state index contributed by atoms with van der Waals surface area (Å²) in [4.78, 5) is 2.21. The van der Waals surface area contributed by atoms with E-state index in [0.29, 0.717) is 6.54 Å². The molecule has 0 radical (unpaired) electrons. The summed E-state index contributed by atoms with van der Waals surface area (Å²) in [6, 6.07) is 5.28. The van der Waals surface area contributed by atoms with E-state index in [-0.39, 0.29) is 5.82 Å². The first-order valence-electron chi connectivity index (χ1n) is 6.07. The Morgan fingerprint density at radius 2 is 2.24 bits per heavy atom. The fourth-order valence-corrected chi connectivity index (χ4v) is 2.18. The number of hydrogen-bond acceptors (Lipinski definition) is 3. The second-order valence-corrected chi connectivity index (χ2v) is 4.22. The SMILES string of the molecule is CNCc1c(F)cccc1N1CCCOCC1. The van der Waals surface area contributed by atoms with Crippen molar-refractivity contribution in [2.45, 2.75) is 13.0 Å². The molecule has 1 aromatic carbocycles. The second kappa shape index (κ2) is 5.98. The number of rotatable bonds is 3. The van der Waals surface area contributed by atoms with Crippen molar-refractivity contribution < 1.29 is 9.13 Å². The molecule has 4 heteroatoms. The predicted molar refractivity (Wildman–Crippen MR) is 66.8 cm³/mol. The van der Waals surface area contributed by atoms with Gasteiger partial charge in [0.1, 0.15) is 5.82 Å². The van der Waals surface area contributed by atoms with Crippen LogP contribution in [0.3, 0.4) is 0 Å². The number of benzene rings is 1. The van der Waals surface area contributed by atoms with E-state index in [0.717, 1.165) is 44.0 Å². The van der Waals surface area contributed by atoms with Crippen LogP contribution in [0.25, 0.3) is 0 Å². The van der Waals surface area contributed by atoms with Crippen molar-refractivity contribution >= 4 is 5.69 Å². The molecule has 0 saturated carbocycles. The first-order valence-corrected chi connectivity index (χ1v) is 6.07. The Morgan fingerprint density at radius 1 is 1.35 bits per heavy atom. The van der Waals surface area contributed by atoms with Crippen molar-refractivity contribution in [1.82, 2.24) is 5.32 Å². The van der Waals surface area contributed by atoms with Crippen molar-refractivity contribution in [3.63, 3.8) is 0 Å². The highest BCUT2D eigenvalue weighted by molar-refractivity contribution is 5.54. The number of halogens is 1. The smallest absolute Gasteiger partial charge is 0.129 e. The molecular weight excluding hydrogens is 219 g/mol. The first kappa shape index (κ1) is 12.3. The van der Waals surface area contributed by atoms with E-state index in [2.05, 4.69) is 10.2 Å². The van der Waals surface area contributed by atoms with E-state index in [1.165, 1.54) is 6.07 Å². The van der Waals surface area contributed by atoms with Gasteiger partial charge in [-0.25, -0.2) is 4.39 Å². The summed E-state index contributed by atoms with van der Waals surface area (Å²) in [5.41, 5.74) is 1.74. The van der Waals surface area contributed by atoms with Crippen molar-refractivity contribution in [3.05, 3.63) is 29.6 Å². The summed E-state index contributed by atoms with van der Waals surface area (Å²) in [5, 5.41) is 3.02. The minimum atomic E-state index is -0.137. The van der Waals surface area contributed by atoms with Gasteiger partial charge in [0.05, 0.1) is 6.61 Å². The van der Waals surface area contributed by atoms with Gasteiger partial charge >= 0.3 is 0 Å². The number of nitrogens with zero attached hydrogens (tertiary/aromatic N) is 1. The third-order valence-electron chi connectivity index (χ3n) is 3.01. The topological polar surface area (TPSA) is 24.5 Å². The van der Waals surface area contributed by atoms with Gasteiger partial charge in [-0.3, -0.25) is 0 Å². The van der Waals surface area contributed by atoms with E-state index in [1.807, 2.05) is 13.1 Å². The van der Waals surface area contributed by atoms with E-state index in [9.17, 15) is 4.39 Å². The Kier molecular flexibility index (Phi) is 4.34. The molecule has 3 nitrogen and oxygen atoms in total. The lowest BCUT2D eigenvalue weighted by atomic mass is 10.1. The van der Waals surface area contributed by atoms with Crippen LogP contribution in [0.4, 0.5) is 10.1 Å². The van der Waals surface area contributed by atoms with Crippen molar-refractivity contribution in [1.29, 1.82) is 0 Å². The minimum absolute atomic E-state index is 0.137. The summed E-state index contributed by atoms with van der Waals surface area (Å²) in [6.45, 7) is 3.84. The molecule has 1 N–H and O–H groups in total. The Balaban J connectivity index is 2.25. The third kappa shape index (κ3) is 2.96. The molecule has 0 amide bonds. The van der Waals surface area contributed by atoms with Crippen molar-refractivity contribution in [2.75, 3.05) is 38.3 Å². The second-order valence-electron chi connectivity index (χ2n) is 4.22. The molecule has 0 bridgehead atoms. The lowest BCUT2D eigenvalue weighted by Crippen LogP contribution is -2.28. The highest BCUT2D eigenvalue weighted by atomic mass is 19.1. The van der Waals surface area contributed by atoms with Gasteiger partial charge in [-0.1, -0.05) is 6.07 Å². The summed E-state index contributed by atoms with van der Waals surface area (Å²) >= 11 is 0. The average Bonchev–Trinajstić information content (AvgIpc) is 2.60. The van der Waals surface area contributed by atoms with Crippen LogP contribution in [0.1, 0.15) is 12.0 Å². The Labute approximate surface area is 102 Å². The normalized spacial score (nSPS) is 16.9. The van der Waals surface area contributed by atoms with Crippen LogP contribution in [0.15, 0.2) is 18.2 Å². The standard InChI is InChI=1S/C13H19FN2O/c1-15-10-11-12(14)4-2-5-13(11)16-6-3-8-17-9-7-16/h2,4-5,15H,3,6-10H2,1H3. The van der Waals surface area contributed by atoms with Crippen LogP contribution in [0.2, 0.25) is 0 Å². The van der Waals surface area contributed by atoms with Crippen LogP contribution < -0.4 is 10.2 Å². The highest BCUT2D eigenvalue weighted by Gasteiger charge is 2.15. The average molecular weight is 238 g/mol. The highest BCUT2D eigenvalue weighted by Crippen LogP contribution is 2.24. The maximum absolute atomic E-state index is 13.8. The maximum atomic E-state index is 13.8. The molecule has 0 aromatic heterocycles.